The van der Waals surface area contributed by atoms with Gasteiger partial charge in [-0.3, -0.25) is 9.48 Å². The van der Waals surface area contributed by atoms with Crippen LogP contribution in [0.2, 0.25) is 0 Å². The number of rotatable bonds is 3. The highest BCUT2D eigenvalue weighted by Gasteiger charge is 2.34. The second kappa shape index (κ2) is 5.63. The standard InChI is InChI=1S/C17H23N3O2/c1-17(2)9-5-4-8-14(17)18-16(21)12-11-20(3)19-15(12)13-7-6-10-22-13/h6-7,10-11,14H,4-5,8-9H2,1-3H3,(H,18,21). The number of carbonyl (C=O) groups excluding carboxylic acids is 1. The van der Waals surface area contributed by atoms with Gasteiger partial charge in [0.05, 0.1) is 11.8 Å². The molecule has 3 rings (SSSR count). The Morgan fingerprint density at radius 2 is 2.27 bits per heavy atom. The van der Waals surface area contributed by atoms with Crippen molar-refractivity contribution in [3.05, 3.63) is 30.2 Å². The summed E-state index contributed by atoms with van der Waals surface area (Å²) >= 11 is 0. The van der Waals surface area contributed by atoms with Gasteiger partial charge >= 0.3 is 0 Å². The lowest BCUT2D eigenvalue weighted by atomic mass is 9.73. The van der Waals surface area contributed by atoms with Gasteiger partial charge in [0.25, 0.3) is 5.91 Å². The lowest BCUT2D eigenvalue weighted by molar-refractivity contribution is 0.0854. The third-order valence-corrected chi connectivity index (χ3v) is 4.64. The van der Waals surface area contributed by atoms with Gasteiger partial charge in [-0.25, -0.2) is 0 Å². The molecule has 0 bridgehead atoms. The Kier molecular flexibility index (Phi) is 3.81. The van der Waals surface area contributed by atoms with Crippen molar-refractivity contribution in [2.24, 2.45) is 12.5 Å². The Morgan fingerprint density at radius 3 is 2.95 bits per heavy atom. The number of aromatic nitrogens is 2. The van der Waals surface area contributed by atoms with E-state index < -0.39 is 0 Å². The van der Waals surface area contributed by atoms with E-state index in [1.165, 1.54) is 12.8 Å². The molecular formula is C17H23N3O2. The molecule has 1 unspecified atom stereocenters. The third-order valence-electron chi connectivity index (χ3n) is 4.64. The molecule has 0 aliphatic heterocycles. The maximum absolute atomic E-state index is 12.7. The smallest absolute Gasteiger partial charge is 0.255 e. The van der Waals surface area contributed by atoms with Gasteiger partial charge < -0.3 is 9.73 Å². The summed E-state index contributed by atoms with van der Waals surface area (Å²) in [6, 6.07) is 3.83. The number of nitrogens with zero attached hydrogens (tertiary/aromatic N) is 2. The summed E-state index contributed by atoms with van der Waals surface area (Å²) in [7, 11) is 1.81. The van der Waals surface area contributed by atoms with Crippen LogP contribution in [-0.2, 0) is 7.05 Å². The number of nitrogens with one attached hydrogen (secondary N) is 1. The Bertz CT molecular complexity index is 656. The maximum atomic E-state index is 12.7. The molecule has 0 saturated heterocycles. The van der Waals surface area contributed by atoms with E-state index in [1.54, 1.807) is 23.2 Å². The second-order valence-corrected chi connectivity index (χ2v) is 6.80. The molecule has 1 amide bonds. The summed E-state index contributed by atoms with van der Waals surface area (Å²) in [4.78, 5) is 12.7. The van der Waals surface area contributed by atoms with Gasteiger partial charge in [0, 0.05) is 19.3 Å². The average Bonchev–Trinajstić information content (AvgIpc) is 3.09. The van der Waals surface area contributed by atoms with Gasteiger partial charge in [0.2, 0.25) is 0 Å². The fourth-order valence-electron chi connectivity index (χ4n) is 3.25. The lowest BCUT2D eigenvalue weighted by Gasteiger charge is -2.39. The van der Waals surface area contributed by atoms with Gasteiger partial charge in [-0.2, -0.15) is 5.10 Å². The number of furan rings is 1. The Labute approximate surface area is 130 Å². The van der Waals surface area contributed by atoms with Crippen molar-refractivity contribution in [3.63, 3.8) is 0 Å². The molecule has 1 saturated carbocycles. The normalized spacial score (nSPS) is 20.8. The first-order valence-electron chi connectivity index (χ1n) is 7.86. The second-order valence-electron chi connectivity index (χ2n) is 6.80. The highest BCUT2D eigenvalue weighted by molar-refractivity contribution is 5.99. The highest BCUT2D eigenvalue weighted by atomic mass is 16.3. The molecule has 0 aromatic carbocycles. The van der Waals surface area contributed by atoms with E-state index in [4.69, 9.17) is 4.42 Å². The van der Waals surface area contributed by atoms with Crippen LogP contribution in [-0.4, -0.2) is 21.7 Å². The molecule has 0 spiro atoms. The molecule has 2 heterocycles. The van der Waals surface area contributed by atoms with Crippen molar-refractivity contribution in [2.45, 2.75) is 45.6 Å². The highest BCUT2D eigenvalue weighted by Crippen LogP contribution is 2.35. The van der Waals surface area contributed by atoms with E-state index in [-0.39, 0.29) is 17.4 Å². The van der Waals surface area contributed by atoms with Crippen molar-refractivity contribution >= 4 is 5.91 Å². The first-order chi connectivity index (χ1) is 10.5. The first-order valence-corrected chi connectivity index (χ1v) is 7.86. The number of hydrogen-bond acceptors (Lipinski definition) is 3. The minimum atomic E-state index is -0.0699. The molecule has 2 aromatic rings. The minimum Gasteiger partial charge on any atom is -0.463 e. The number of hydrogen-bond donors (Lipinski definition) is 1. The van der Waals surface area contributed by atoms with E-state index in [2.05, 4.69) is 24.3 Å². The van der Waals surface area contributed by atoms with Crippen LogP contribution in [0.15, 0.2) is 29.0 Å². The fraction of sp³-hybridized carbons (Fsp3) is 0.529. The Hall–Kier alpha value is -2.04. The summed E-state index contributed by atoms with van der Waals surface area (Å²) in [5.74, 6) is 0.549. The average molecular weight is 301 g/mol. The molecule has 0 radical (unpaired) electrons. The zero-order valence-electron chi connectivity index (χ0n) is 13.4. The van der Waals surface area contributed by atoms with Gasteiger partial charge in [-0.1, -0.05) is 26.7 Å². The van der Waals surface area contributed by atoms with Crippen LogP contribution in [0.25, 0.3) is 11.5 Å². The molecule has 5 nitrogen and oxygen atoms in total. The maximum Gasteiger partial charge on any atom is 0.255 e. The van der Waals surface area contributed by atoms with Crippen molar-refractivity contribution in [1.29, 1.82) is 0 Å². The van der Waals surface area contributed by atoms with E-state index in [0.717, 1.165) is 12.8 Å². The lowest BCUT2D eigenvalue weighted by Crippen LogP contribution is -2.46. The van der Waals surface area contributed by atoms with Crippen LogP contribution in [0.1, 0.15) is 49.9 Å². The van der Waals surface area contributed by atoms with E-state index in [0.29, 0.717) is 17.0 Å². The predicted octanol–water partition coefficient (Wildman–Crippen LogP) is 3.38. The summed E-state index contributed by atoms with van der Waals surface area (Å²) in [5, 5.41) is 7.57. The molecule has 22 heavy (non-hydrogen) atoms. The number of aryl methyl sites for hydroxylation is 1. The quantitative estimate of drug-likeness (QED) is 0.945. The Balaban J connectivity index is 1.84. The number of carbonyl (C=O) groups is 1. The van der Waals surface area contributed by atoms with Crippen LogP contribution in [0.3, 0.4) is 0 Å². The molecule has 118 valence electrons. The van der Waals surface area contributed by atoms with Crippen LogP contribution in [0.4, 0.5) is 0 Å². The molecule has 1 N–H and O–H groups in total. The molecule has 1 aliphatic carbocycles. The summed E-state index contributed by atoms with van der Waals surface area (Å²) in [5.41, 5.74) is 1.30. The van der Waals surface area contributed by atoms with Crippen LogP contribution >= 0.6 is 0 Å². The van der Waals surface area contributed by atoms with Crippen molar-refractivity contribution in [2.75, 3.05) is 0 Å². The zero-order valence-corrected chi connectivity index (χ0v) is 13.4. The van der Waals surface area contributed by atoms with E-state index in [1.807, 2.05) is 13.1 Å². The molecule has 1 atom stereocenters. The van der Waals surface area contributed by atoms with E-state index in [9.17, 15) is 4.79 Å². The summed E-state index contributed by atoms with van der Waals surface area (Å²) < 4.78 is 7.05. The fourth-order valence-corrected chi connectivity index (χ4v) is 3.25. The van der Waals surface area contributed by atoms with Gasteiger partial charge in [0.1, 0.15) is 5.69 Å². The van der Waals surface area contributed by atoms with E-state index >= 15 is 0 Å². The molecule has 2 aromatic heterocycles. The minimum absolute atomic E-state index is 0.0699. The largest absolute Gasteiger partial charge is 0.463 e. The molecule has 5 heteroatoms. The first kappa shape index (κ1) is 14.9. The van der Waals surface area contributed by atoms with Gasteiger partial charge in [0.15, 0.2) is 5.76 Å². The monoisotopic (exact) mass is 301 g/mol. The van der Waals surface area contributed by atoms with Crippen LogP contribution in [0.5, 0.6) is 0 Å². The van der Waals surface area contributed by atoms with Crippen molar-refractivity contribution in [3.8, 4) is 11.5 Å². The van der Waals surface area contributed by atoms with Crippen LogP contribution in [0, 0.1) is 5.41 Å². The van der Waals surface area contributed by atoms with Crippen molar-refractivity contribution in [1.82, 2.24) is 15.1 Å². The zero-order chi connectivity index (χ0) is 15.7. The van der Waals surface area contributed by atoms with Gasteiger partial charge in [-0.15, -0.1) is 0 Å². The summed E-state index contributed by atoms with van der Waals surface area (Å²) in [6.45, 7) is 4.46. The number of amides is 1. The Morgan fingerprint density at radius 1 is 1.45 bits per heavy atom. The molecule has 1 aliphatic rings. The predicted molar refractivity (Wildman–Crippen MR) is 84.4 cm³/mol. The van der Waals surface area contributed by atoms with Crippen LogP contribution < -0.4 is 5.32 Å². The SMILES string of the molecule is Cn1cc(C(=O)NC2CCCCC2(C)C)c(-c2ccco2)n1. The molecule has 1 fully saturated rings. The van der Waals surface area contributed by atoms with Crippen molar-refractivity contribution < 1.29 is 9.21 Å². The molecular weight excluding hydrogens is 278 g/mol. The topological polar surface area (TPSA) is 60.1 Å². The summed E-state index contributed by atoms with van der Waals surface area (Å²) in [6.07, 6.45) is 7.94. The third kappa shape index (κ3) is 2.80. The van der Waals surface area contributed by atoms with Gasteiger partial charge in [-0.05, 0) is 30.4 Å².